The van der Waals surface area contributed by atoms with Crippen molar-refractivity contribution in [3.63, 3.8) is 0 Å². The van der Waals surface area contributed by atoms with E-state index in [4.69, 9.17) is 18.9 Å². The molecular weight excluding hydrogens is 260 g/mol. The maximum absolute atomic E-state index is 10.3. The number of aliphatic hydroxyl groups is 1. The van der Waals surface area contributed by atoms with Crippen LogP contribution in [0.25, 0.3) is 0 Å². The van der Waals surface area contributed by atoms with Crippen molar-refractivity contribution in [2.45, 2.75) is 31.7 Å². The lowest BCUT2D eigenvalue weighted by molar-refractivity contribution is -0.183. The van der Waals surface area contributed by atoms with Gasteiger partial charge in [0, 0.05) is 12.0 Å². The van der Waals surface area contributed by atoms with E-state index >= 15 is 0 Å². The van der Waals surface area contributed by atoms with Crippen LogP contribution in [0, 0.1) is 0 Å². The Kier molecular flexibility index (Phi) is 5.64. The molecule has 0 aliphatic carbocycles. The molecule has 0 radical (unpaired) electrons. The SMILES string of the molecule is COc1cccc([C@H](O)CCC2OCCCO2)c1OC. The van der Waals surface area contributed by atoms with Crippen LogP contribution in [0.15, 0.2) is 18.2 Å². The molecule has 5 heteroatoms. The molecule has 0 saturated carbocycles. The quantitative estimate of drug-likeness (QED) is 0.867. The van der Waals surface area contributed by atoms with Gasteiger partial charge in [0.25, 0.3) is 0 Å². The molecule has 1 aromatic carbocycles. The standard InChI is InChI=1S/C15H22O5/c1-17-13-6-3-5-11(15(13)18-2)12(16)7-8-14-19-9-4-10-20-14/h3,5-6,12,14,16H,4,7-10H2,1-2H3/t12-/m1/s1. The monoisotopic (exact) mass is 282 g/mol. The van der Waals surface area contributed by atoms with E-state index in [1.54, 1.807) is 14.2 Å². The van der Waals surface area contributed by atoms with Gasteiger partial charge in [-0.05, 0) is 18.9 Å². The summed E-state index contributed by atoms with van der Waals surface area (Å²) >= 11 is 0. The molecule has 0 bridgehead atoms. The topological polar surface area (TPSA) is 57.2 Å². The van der Waals surface area contributed by atoms with Crippen molar-refractivity contribution >= 4 is 0 Å². The molecule has 1 aromatic rings. The van der Waals surface area contributed by atoms with Crippen molar-refractivity contribution in [2.24, 2.45) is 0 Å². The van der Waals surface area contributed by atoms with Gasteiger partial charge in [0.05, 0.1) is 33.5 Å². The molecule has 1 aliphatic heterocycles. The molecule has 1 aliphatic rings. The summed E-state index contributed by atoms with van der Waals surface area (Å²) in [5.41, 5.74) is 0.725. The predicted octanol–water partition coefficient (Wildman–Crippen LogP) is 2.28. The number of hydrogen-bond acceptors (Lipinski definition) is 5. The Bertz CT molecular complexity index is 415. The molecule has 0 unspecified atom stereocenters. The maximum atomic E-state index is 10.3. The first-order chi connectivity index (χ1) is 9.76. The number of methoxy groups -OCH3 is 2. The molecule has 1 N–H and O–H groups in total. The van der Waals surface area contributed by atoms with Crippen LogP contribution in [-0.2, 0) is 9.47 Å². The Morgan fingerprint density at radius 2 is 2.00 bits per heavy atom. The molecule has 1 fully saturated rings. The van der Waals surface area contributed by atoms with Gasteiger partial charge < -0.3 is 24.1 Å². The molecule has 0 amide bonds. The molecule has 0 aromatic heterocycles. The lowest BCUT2D eigenvalue weighted by Crippen LogP contribution is -2.25. The van der Waals surface area contributed by atoms with Crippen molar-refractivity contribution in [2.75, 3.05) is 27.4 Å². The van der Waals surface area contributed by atoms with Gasteiger partial charge in [-0.2, -0.15) is 0 Å². The summed E-state index contributed by atoms with van der Waals surface area (Å²) < 4.78 is 21.5. The van der Waals surface area contributed by atoms with Crippen LogP contribution in [-0.4, -0.2) is 38.8 Å². The molecule has 2 rings (SSSR count). The third kappa shape index (κ3) is 3.62. The molecule has 5 nitrogen and oxygen atoms in total. The van der Waals surface area contributed by atoms with Gasteiger partial charge in [0.15, 0.2) is 17.8 Å². The van der Waals surface area contributed by atoms with Crippen molar-refractivity contribution in [3.8, 4) is 11.5 Å². The smallest absolute Gasteiger partial charge is 0.166 e. The van der Waals surface area contributed by atoms with Crippen molar-refractivity contribution in [1.29, 1.82) is 0 Å². The maximum Gasteiger partial charge on any atom is 0.166 e. The molecule has 1 heterocycles. The number of benzene rings is 1. The van der Waals surface area contributed by atoms with Crippen molar-refractivity contribution in [3.05, 3.63) is 23.8 Å². The van der Waals surface area contributed by atoms with E-state index in [0.29, 0.717) is 24.3 Å². The second kappa shape index (κ2) is 7.47. The minimum absolute atomic E-state index is 0.213. The highest BCUT2D eigenvalue weighted by molar-refractivity contribution is 5.47. The highest BCUT2D eigenvalue weighted by atomic mass is 16.7. The van der Waals surface area contributed by atoms with Gasteiger partial charge in [0.1, 0.15) is 0 Å². The van der Waals surface area contributed by atoms with E-state index in [1.165, 1.54) is 0 Å². The van der Waals surface area contributed by atoms with E-state index in [2.05, 4.69) is 0 Å². The lowest BCUT2D eigenvalue weighted by Gasteiger charge is -2.24. The average molecular weight is 282 g/mol. The van der Waals surface area contributed by atoms with Gasteiger partial charge in [-0.25, -0.2) is 0 Å². The Balaban J connectivity index is 1.99. The fourth-order valence-electron chi connectivity index (χ4n) is 2.33. The van der Waals surface area contributed by atoms with E-state index in [-0.39, 0.29) is 6.29 Å². The zero-order valence-corrected chi connectivity index (χ0v) is 12.0. The van der Waals surface area contributed by atoms with Gasteiger partial charge in [0.2, 0.25) is 0 Å². The first-order valence-corrected chi connectivity index (χ1v) is 6.88. The van der Waals surface area contributed by atoms with E-state index in [9.17, 15) is 5.11 Å². The molecule has 0 spiro atoms. The largest absolute Gasteiger partial charge is 0.493 e. The van der Waals surface area contributed by atoms with Crippen LogP contribution in [0.4, 0.5) is 0 Å². The number of para-hydroxylation sites is 1. The van der Waals surface area contributed by atoms with E-state index in [1.807, 2.05) is 18.2 Å². The Labute approximate surface area is 119 Å². The summed E-state index contributed by atoms with van der Waals surface area (Å²) in [6.07, 6.45) is 1.29. The van der Waals surface area contributed by atoms with E-state index < -0.39 is 6.10 Å². The summed E-state index contributed by atoms with van der Waals surface area (Å²) in [5, 5.41) is 10.3. The van der Waals surface area contributed by atoms with Crippen molar-refractivity contribution < 1.29 is 24.1 Å². The van der Waals surface area contributed by atoms with Gasteiger partial charge in [-0.15, -0.1) is 0 Å². The predicted molar refractivity (Wildman–Crippen MR) is 74.0 cm³/mol. The normalized spacial score (nSPS) is 17.8. The Hall–Kier alpha value is -1.30. The number of ether oxygens (including phenoxy) is 4. The third-order valence-corrected chi connectivity index (χ3v) is 3.36. The highest BCUT2D eigenvalue weighted by Gasteiger charge is 2.20. The molecular formula is C15H22O5. The molecule has 20 heavy (non-hydrogen) atoms. The van der Waals surface area contributed by atoms with Gasteiger partial charge in [-0.1, -0.05) is 12.1 Å². The Morgan fingerprint density at radius 1 is 1.25 bits per heavy atom. The minimum Gasteiger partial charge on any atom is -0.493 e. The minimum atomic E-state index is -0.630. The summed E-state index contributed by atoms with van der Waals surface area (Å²) in [5.74, 6) is 1.20. The molecule has 112 valence electrons. The summed E-state index contributed by atoms with van der Waals surface area (Å²) in [6.45, 7) is 1.45. The van der Waals surface area contributed by atoms with Crippen LogP contribution in [0.2, 0.25) is 0 Å². The first kappa shape index (κ1) is 15.1. The number of aliphatic hydroxyl groups excluding tert-OH is 1. The first-order valence-electron chi connectivity index (χ1n) is 6.88. The summed E-state index contributed by atoms with van der Waals surface area (Å²) in [6, 6.07) is 5.49. The highest BCUT2D eigenvalue weighted by Crippen LogP contribution is 2.36. The number of hydrogen-bond donors (Lipinski definition) is 1. The van der Waals surface area contributed by atoms with Crippen LogP contribution < -0.4 is 9.47 Å². The Morgan fingerprint density at radius 3 is 2.65 bits per heavy atom. The third-order valence-electron chi connectivity index (χ3n) is 3.36. The molecule has 1 atom stereocenters. The van der Waals surface area contributed by atoms with Crippen LogP contribution in [0.5, 0.6) is 11.5 Å². The molecule has 1 saturated heterocycles. The van der Waals surface area contributed by atoms with Gasteiger partial charge >= 0.3 is 0 Å². The van der Waals surface area contributed by atoms with Gasteiger partial charge in [-0.3, -0.25) is 0 Å². The van der Waals surface area contributed by atoms with E-state index in [0.717, 1.165) is 25.2 Å². The second-order valence-corrected chi connectivity index (χ2v) is 4.70. The summed E-state index contributed by atoms with van der Waals surface area (Å²) in [4.78, 5) is 0. The fraction of sp³-hybridized carbons (Fsp3) is 0.600. The van der Waals surface area contributed by atoms with Crippen LogP contribution in [0.3, 0.4) is 0 Å². The second-order valence-electron chi connectivity index (χ2n) is 4.70. The fourth-order valence-corrected chi connectivity index (χ4v) is 2.33. The zero-order valence-electron chi connectivity index (χ0n) is 12.0. The van der Waals surface area contributed by atoms with Crippen LogP contribution >= 0.6 is 0 Å². The lowest BCUT2D eigenvalue weighted by atomic mass is 10.0. The average Bonchev–Trinajstić information content (AvgIpc) is 2.52. The van der Waals surface area contributed by atoms with Crippen LogP contribution in [0.1, 0.15) is 30.9 Å². The zero-order chi connectivity index (χ0) is 14.4. The number of rotatable bonds is 6. The van der Waals surface area contributed by atoms with Crippen molar-refractivity contribution in [1.82, 2.24) is 0 Å². The summed E-state index contributed by atoms with van der Waals surface area (Å²) in [7, 11) is 3.15.